The highest BCUT2D eigenvalue weighted by molar-refractivity contribution is 7.18. The molecule has 1 aliphatic rings. The average molecular weight is 263 g/mol. The molecule has 1 atom stereocenters. The Kier molecular flexibility index (Phi) is 2.93. The molecule has 2 heterocycles. The second-order valence-corrected chi connectivity index (χ2v) is 6.23. The van der Waals surface area contributed by atoms with Gasteiger partial charge in [0, 0.05) is 11.4 Å². The lowest BCUT2D eigenvalue weighted by Gasteiger charge is -2.17. The first kappa shape index (κ1) is 11.8. The Balaban J connectivity index is 2.22. The first-order chi connectivity index (χ1) is 8.70. The molecule has 5 heteroatoms. The molecule has 0 N–H and O–H groups in total. The molecule has 4 nitrogen and oxygen atoms in total. The highest BCUT2D eigenvalue weighted by Gasteiger charge is 2.23. The van der Waals surface area contributed by atoms with Gasteiger partial charge in [-0.25, -0.2) is 4.68 Å². The molecule has 96 valence electrons. The SMILES string of the molecule is CCCn1nnc2sc3c(c2c1=O)CC[C@@H](C)C3. The van der Waals surface area contributed by atoms with Gasteiger partial charge in [0.05, 0.1) is 5.39 Å². The minimum atomic E-state index is 0.0499. The number of hydrogen-bond donors (Lipinski definition) is 0. The fourth-order valence-electron chi connectivity index (χ4n) is 2.65. The van der Waals surface area contributed by atoms with Crippen LogP contribution in [0.3, 0.4) is 0 Å². The molecule has 0 fully saturated rings. The van der Waals surface area contributed by atoms with Gasteiger partial charge < -0.3 is 0 Å². The van der Waals surface area contributed by atoms with Crippen molar-refractivity contribution in [1.82, 2.24) is 15.0 Å². The molecule has 0 aliphatic heterocycles. The van der Waals surface area contributed by atoms with Crippen LogP contribution in [-0.4, -0.2) is 15.0 Å². The van der Waals surface area contributed by atoms with Crippen LogP contribution in [0.4, 0.5) is 0 Å². The van der Waals surface area contributed by atoms with Gasteiger partial charge in [0.2, 0.25) is 0 Å². The second kappa shape index (κ2) is 4.46. The van der Waals surface area contributed by atoms with E-state index >= 15 is 0 Å². The van der Waals surface area contributed by atoms with E-state index < -0.39 is 0 Å². The van der Waals surface area contributed by atoms with Crippen molar-refractivity contribution in [3.63, 3.8) is 0 Å². The number of aromatic nitrogens is 3. The minimum Gasteiger partial charge on any atom is -0.267 e. The summed E-state index contributed by atoms with van der Waals surface area (Å²) in [6, 6.07) is 0. The highest BCUT2D eigenvalue weighted by Crippen LogP contribution is 2.35. The maximum Gasteiger partial charge on any atom is 0.278 e. The molecule has 0 aromatic carbocycles. The van der Waals surface area contributed by atoms with Crippen LogP contribution in [0.1, 0.15) is 37.1 Å². The normalized spacial score (nSPS) is 19.1. The smallest absolute Gasteiger partial charge is 0.267 e. The predicted molar refractivity (Wildman–Crippen MR) is 73.2 cm³/mol. The summed E-state index contributed by atoms with van der Waals surface area (Å²) in [7, 11) is 0. The molecule has 18 heavy (non-hydrogen) atoms. The van der Waals surface area contributed by atoms with Crippen LogP contribution >= 0.6 is 11.3 Å². The Bertz CT molecular complexity index is 643. The summed E-state index contributed by atoms with van der Waals surface area (Å²) < 4.78 is 1.51. The summed E-state index contributed by atoms with van der Waals surface area (Å²) >= 11 is 1.66. The summed E-state index contributed by atoms with van der Waals surface area (Å²) in [5, 5.41) is 9.08. The molecule has 0 radical (unpaired) electrons. The molecule has 0 amide bonds. The molecule has 1 aliphatic carbocycles. The topological polar surface area (TPSA) is 47.8 Å². The summed E-state index contributed by atoms with van der Waals surface area (Å²) in [5.74, 6) is 0.719. The van der Waals surface area contributed by atoms with Gasteiger partial charge >= 0.3 is 0 Å². The zero-order valence-electron chi connectivity index (χ0n) is 10.8. The number of hydrogen-bond acceptors (Lipinski definition) is 4. The number of aryl methyl sites for hydroxylation is 2. The quantitative estimate of drug-likeness (QED) is 0.836. The minimum absolute atomic E-state index is 0.0499. The zero-order chi connectivity index (χ0) is 12.7. The molecule has 3 rings (SSSR count). The van der Waals surface area contributed by atoms with Crippen LogP contribution in [0.2, 0.25) is 0 Å². The van der Waals surface area contributed by atoms with Crippen LogP contribution in [-0.2, 0) is 19.4 Å². The molecule has 0 saturated carbocycles. The molecule has 2 aromatic rings. The summed E-state index contributed by atoms with van der Waals surface area (Å²) in [6.45, 7) is 4.97. The van der Waals surface area contributed by atoms with Gasteiger partial charge in [0.15, 0.2) is 4.83 Å². The largest absolute Gasteiger partial charge is 0.278 e. The Morgan fingerprint density at radius 1 is 1.50 bits per heavy atom. The molecular weight excluding hydrogens is 246 g/mol. The van der Waals surface area contributed by atoms with Gasteiger partial charge in [-0.2, -0.15) is 0 Å². The summed E-state index contributed by atoms with van der Waals surface area (Å²) in [5.41, 5.74) is 1.30. The molecule has 2 aromatic heterocycles. The van der Waals surface area contributed by atoms with E-state index in [9.17, 15) is 4.79 Å². The van der Waals surface area contributed by atoms with Crippen LogP contribution in [0.25, 0.3) is 10.2 Å². The van der Waals surface area contributed by atoms with E-state index in [0.29, 0.717) is 6.54 Å². The first-order valence-corrected chi connectivity index (χ1v) is 7.40. The van der Waals surface area contributed by atoms with Crippen LogP contribution in [0.5, 0.6) is 0 Å². The number of fused-ring (bicyclic) bond motifs is 3. The third-order valence-corrected chi connectivity index (χ3v) is 4.76. The van der Waals surface area contributed by atoms with Gasteiger partial charge in [0.1, 0.15) is 0 Å². The molecule has 0 spiro atoms. The Labute approximate surface area is 110 Å². The second-order valence-electron chi connectivity index (χ2n) is 5.15. The van der Waals surface area contributed by atoms with Gasteiger partial charge in [0.25, 0.3) is 5.56 Å². The van der Waals surface area contributed by atoms with Gasteiger partial charge in [-0.05, 0) is 37.2 Å². The lowest BCUT2D eigenvalue weighted by molar-refractivity contribution is 0.508. The molecule has 0 unspecified atom stereocenters. The lowest BCUT2D eigenvalue weighted by Crippen LogP contribution is -2.24. The van der Waals surface area contributed by atoms with Crippen molar-refractivity contribution in [3.8, 4) is 0 Å². The Hall–Kier alpha value is -1.23. The molecular formula is C13H17N3OS. The van der Waals surface area contributed by atoms with Gasteiger partial charge in [-0.3, -0.25) is 4.79 Å². The van der Waals surface area contributed by atoms with Crippen LogP contribution in [0.15, 0.2) is 4.79 Å². The van der Waals surface area contributed by atoms with Crippen LogP contribution < -0.4 is 5.56 Å². The number of thiophene rings is 1. The van der Waals surface area contributed by atoms with E-state index in [-0.39, 0.29) is 5.56 Å². The van der Waals surface area contributed by atoms with Crippen molar-refractivity contribution in [2.24, 2.45) is 5.92 Å². The summed E-state index contributed by atoms with van der Waals surface area (Å²) in [4.78, 5) is 14.6. The molecule has 0 bridgehead atoms. The van der Waals surface area contributed by atoms with Crippen molar-refractivity contribution < 1.29 is 0 Å². The zero-order valence-corrected chi connectivity index (χ0v) is 11.6. The van der Waals surface area contributed by atoms with E-state index in [1.165, 1.54) is 21.5 Å². The standard InChI is InChI=1S/C13H17N3OS/c1-3-6-16-13(17)11-9-5-4-8(2)7-10(9)18-12(11)14-15-16/h8H,3-7H2,1-2H3/t8-/m1/s1. The average Bonchev–Trinajstić information content (AvgIpc) is 2.71. The maximum absolute atomic E-state index is 12.4. The fourth-order valence-corrected chi connectivity index (χ4v) is 3.97. The van der Waals surface area contributed by atoms with E-state index in [1.54, 1.807) is 11.3 Å². The molecule has 0 saturated heterocycles. The third-order valence-electron chi connectivity index (χ3n) is 3.62. The van der Waals surface area contributed by atoms with E-state index in [0.717, 1.165) is 35.4 Å². The van der Waals surface area contributed by atoms with Crippen LogP contribution in [0, 0.1) is 5.92 Å². The van der Waals surface area contributed by atoms with Crippen molar-refractivity contribution in [2.45, 2.75) is 46.1 Å². The van der Waals surface area contributed by atoms with E-state index in [2.05, 4.69) is 17.2 Å². The van der Waals surface area contributed by atoms with E-state index in [1.807, 2.05) is 6.92 Å². The highest BCUT2D eigenvalue weighted by atomic mass is 32.1. The predicted octanol–water partition coefficient (Wildman–Crippen LogP) is 2.39. The van der Waals surface area contributed by atoms with Crippen molar-refractivity contribution in [3.05, 3.63) is 20.8 Å². The first-order valence-electron chi connectivity index (χ1n) is 6.58. The fraction of sp³-hybridized carbons (Fsp3) is 0.615. The van der Waals surface area contributed by atoms with Crippen molar-refractivity contribution in [2.75, 3.05) is 0 Å². The Morgan fingerprint density at radius 2 is 2.33 bits per heavy atom. The number of nitrogens with zero attached hydrogens (tertiary/aromatic N) is 3. The van der Waals surface area contributed by atoms with Crippen molar-refractivity contribution in [1.29, 1.82) is 0 Å². The van der Waals surface area contributed by atoms with Crippen molar-refractivity contribution >= 4 is 21.6 Å². The summed E-state index contributed by atoms with van der Waals surface area (Å²) in [6.07, 6.45) is 4.19. The Morgan fingerprint density at radius 3 is 3.11 bits per heavy atom. The third kappa shape index (κ3) is 1.77. The van der Waals surface area contributed by atoms with Gasteiger partial charge in [-0.1, -0.05) is 19.1 Å². The lowest BCUT2D eigenvalue weighted by atomic mass is 9.89. The van der Waals surface area contributed by atoms with Gasteiger partial charge in [-0.15, -0.1) is 16.4 Å². The monoisotopic (exact) mass is 263 g/mol. The number of rotatable bonds is 2. The van der Waals surface area contributed by atoms with E-state index in [4.69, 9.17) is 0 Å². The maximum atomic E-state index is 12.4.